The van der Waals surface area contributed by atoms with Gasteiger partial charge in [0.05, 0.1) is 18.1 Å². The minimum atomic E-state index is -0.823. The van der Waals surface area contributed by atoms with Gasteiger partial charge in [-0.15, -0.1) is 11.8 Å². The van der Waals surface area contributed by atoms with Crippen LogP contribution in [0, 0.1) is 18.8 Å². The average molecular weight is 386 g/mol. The second-order valence-electron chi connectivity index (χ2n) is 7.09. The van der Waals surface area contributed by atoms with E-state index in [1.807, 2.05) is 0 Å². The Morgan fingerprint density at radius 3 is 2.63 bits per heavy atom. The molecule has 0 radical (unpaired) electrons. The summed E-state index contributed by atoms with van der Waals surface area (Å²) in [6.45, 7) is 8.51. The van der Waals surface area contributed by atoms with Gasteiger partial charge >= 0.3 is 5.97 Å². The Balaban J connectivity index is 1.71. The molecular formula is C22H27NO3S. The van der Waals surface area contributed by atoms with Gasteiger partial charge in [0.1, 0.15) is 11.4 Å². The highest BCUT2D eigenvalue weighted by Crippen LogP contribution is 2.25. The van der Waals surface area contributed by atoms with Crippen molar-refractivity contribution in [3.8, 4) is 11.8 Å². The largest absolute Gasteiger partial charge is 0.480 e. The summed E-state index contributed by atoms with van der Waals surface area (Å²) in [5, 5.41) is 9.03. The van der Waals surface area contributed by atoms with Gasteiger partial charge in [-0.1, -0.05) is 41.7 Å². The summed E-state index contributed by atoms with van der Waals surface area (Å²) >= 11 is 1.32. The van der Waals surface area contributed by atoms with Crippen LogP contribution in [0.25, 0.3) is 0 Å². The number of benzene rings is 1. The van der Waals surface area contributed by atoms with Crippen LogP contribution in [-0.4, -0.2) is 40.5 Å². The molecule has 2 rings (SSSR count). The third-order valence-corrected chi connectivity index (χ3v) is 5.57. The van der Waals surface area contributed by atoms with Gasteiger partial charge in [-0.05, 0) is 38.8 Å². The van der Waals surface area contributed by atoms with Gasteiger partial charge < -0.3 is 9.84 Å². The fourth-order valence-corrected chi connectivity index (χ4v) is 3.16. The standard InChI is InChI=1S/C22H27NO3S/c1-16-7-9-18(10-8-16)20-15-17(2)19(23-20)11-13-26-12-5-6-14-27-22(3,4)21(24)25/h7-10H,11-15H2,1-4H3,(H,24,25). The van der Waals surface area contributed by atoms with Crippen molar-refractivity contribution in [2.45, 2.75) is 45.3 Å². The first-order valence-corrected chi connectivity index (χ1v) is 10.0. The Morgan fingerprint density at radius 1 is 1.26 bits per heavy atom. The van der Waals surface area contributed by atoms with Gasteiger partial charge in [-0.25, -0.2) is 0 Å². The van der Waals surface area contributed by atoms with Gasteiger partial charge in [0.25, 0.3) is 0 Å². The highest BCUT2D eigenvalue weighted by atomic mass is 32.2. The van der Waals surface area contributed by atoms with E-state index in [0.29, 0.717) is 19.0 Å². The van der Waals surface area contributed by atoms with Gasteiger partial charge in [0.15, 0.2) is 0 Å². The lowest BCUT2D eigenvalue weighted by molar-refractivity contribution is -0.138. The molecule has 0 aliphatic carbocycles. The first-order chi connectivity index (χ1) is 12.8. The maximum absolute atomic E-state index is 11.0. The van der Waals surface area contributed by atoms with E-state index in [1.165, 1.54) is 28.5 Å². The van der Waals surface area contributed by atoms with Crippen LogP contribution in [0.1, 0.15) is 44.7 Å². The monoisotopic (exact) mass is 385 g/mol. The number of hydrogen-bond acceptors (Lipinski definition) is 4. The van der Waals surface area contributed by atoms with Gasteiger partial charge in [-0.2, -0.15) is 0 Å². The molecule has 1 N–H and O–H groups in total. The molecule has 0 bridgehead atoms. The molecule has 1 aromatic carbocycles. The van der Waals surface area contributed by atoms with Gasteiger partial charge in [-0.3, -0.25) is 9.79 Å². The average Bonchev–Trinajstić information content (AvgIpc) is 2.98. The lowest BCUT2D eigenvalue weighted by Crippen LogP contribution is -2.27. The smallest absolute Gasteiger partial charge is 0.319 e. The van der Waals surface area contributed by atoms with Crippen molar-refractivity contribution in [3.05, 3.63) is 46.7 Å². The first-order valence-electron chi connectivity index (χ1n) is 9.03. The van der Waals surface area contributed by atoms with E-state index in [-0.39, 0.29) is 0 Å². The first kappa shape index (κ1) is 21.3. The maximum atomic E-state index is 11.0. The summed E-state index contributed by atoms with van der Waals surface area (Å²) < 4.78 is 4.77. The maximum Gasteiger partial charge on any atom is 0.319 e. The summed E-state index contributed by atoms with van der Waals surface area (Å²) in [4.78, 5) is 15.8. The van der Waals surface area contributed by atoms with Crippen molar-refractivity contribution in [1.29, 1.82) is 0 Å². The molecule has 0 aromatic heterocycles. The van der Waals surface area contributed by atoms with E-state index in [2.05, 4.69) is 50.0 Å². The normalized spacial score (nSPS) is 14.0. The molecule has 1 aliphatic rings. The van der Waals surface area contributed by atoms with E-state index in [9.17, 15) is 4.79 Å². The van der Waals surface area contributed by atoms with E-state index in [0.717, 1.165) is 24.3 Å². The van der Waals surface area contributed by atoms with Crippen molar-refractivity contribution in [2.24, 2.45) is 4.99 Å². The molecule has 0 saturated carbocycles. The number of thioether (sulfide) groups is 1. The van der Waals surface area contributed by atoms with E-state index >= 15 is 0 Å². The lowest BCUT2D eigenvalue weighted by atomic mass is 10.0. The van der Waals surface area contributed by atoms with Crippen molar-refractivity contribution in [1.82, 2.24) is 0 Å². The second kappa shape index (κ2) is 9.77. The van der Waals surface area contributed by atoms with Crippen LogP contribution in [-0.2, 0) is 9.53 Å². The molecule has 0 fully saturated rings. The Bertz CT molecular complexity index is 795. The number of aliphatic carboxylic acids is 1. The van der Waals surface area contributed by atoms with Gasteiger partial charge in [0.2, 0.25) is 0 Å². The lowest BCUT2D eigenvalue weighted by Gasteiger charge is -2.16. The third kappa shape index (κ3) is 6.57. The fourth-order valence-electron chi connectivity index (χ4n) is 2.51. The molecule has 1 aromatic rings. The minimum absolute atomic E-state index is 0.356. The zero-order valence-corrected chi connectivity index (χ0v) is 17.3. The minimum Gasteiger partial charge on any atom is -0.480 e. The number of aryl methyl sites for hydroxylation is 1. The van der Waals surface area contributed by atoms with E-state index < -0.39 is 10.7 Å². The molecule has 0 amide bonds. The predicted molar refractivity (Wildman–Crippen MR) is 112 cm³/mol. The number of carbonyl (C=O) groups is 1. The van der Waals surface area contributed by atoms with Crippen molar-refractivity contribution in [2.75, 3.05) is 19.0 Å². The highest BCUT2D eigenvalue weighted by molar-refractivity contribution is 8.01. The topological polar surface area (TPSA) is 58.9 Å². The van der Waals surface area contributed by atoms with Crippen molar-refractivity contribution in [3.63, 3.8) is 0 Å². The summed E-state index contributed by atoms with van der Waals surface area (Å²) in [6.07, 6.45) is 1.68. The number of hydrogen-bond donors (Lipinski definition) is 1. The zero-order valence-electron chi connectivity index (χ0n) is 16.5. The van der Waals surface area contributed by atoms with Crippen LogP contribution in [0.5, 0.6) is 0 Å². The van der Waals surface area contributed by atoms with E-state index in [1.54, 1.807) is 13.8 Å². The quantitative estimate of drug-likeness (QED) is 0.530. The summed E-state index contributed by atoms with van der Waals surface area (Å²) in [5.74, 6) is 5.55. The van der Waals surface area contributed by atoms with Crippen LogP contribution in [0.2, 0.25) is 0 Å². The Labute approximate surface area is 166 Å². The number of allylic oxidation sites excluding steroid dienone is 1. The van der Waals surface area contributed by atoms with Gasteiger partial charge in [0, 0.05) is 18.5 Å². The van der Waals surface area contributed by atoms with Crippen LogP contribution in [0.15, 0.2) is 40.5 Å². The second-order valence-corrected chi connectivity index (χ2v) is 8.69. The molecule has 0 atom stereocenters. The molecule has 1 heterocycles. The molecular weight excluding hydrogens is 358 g/mol. The molecule has 27 heavy (non-hydrogen) atoms. The van der Waals surface area contributed by atoms with Crippen LogP contribution < -0.4 is 0 Å². The third-order valence-electron chi connectivity index (χ3n) is 4.38. The Kier molecular flexibility index (Phi) is 7.70. The molecule has 144 valence electrons. The molecule has 0 unspecified atom stereocenters. The Hall–Kier alpha value is -2.03. The summed E-state index contributed by atoms with van der Waals surface area (Å²) in [7, 11) is 0. The van der Waals surface area contributed by atoms with Crippen LogP contribution in [0.4, 0.5) is 0 Å². The SMILES string of the molecule is CC1=C(CCOCC#CCSC(C)(C)C(=O)O)N=C(c2ccc(C)cc2)C1. The van der Waals surface area contributed by atoms with Crippen LogP contribution >= 0.6 is 11.8 Å². The summed E-state index contributed by atoms with van der Waals surface area (Å²) in [5.41, 5.74) is 5.97. The molecule has 4 nitrogen and oxygen atoms in total. The number of ether oxygens (including phenoxy) is 1. The number of aliphatic imine (C=N–C) groups is 1. The fraction of sp³-hybridized carbons (Fsp3) is 0.455. The molecule has 5 heteroatoms. The summed E-state index contributed by atoms with van der Waals surface area (Å²) in [6, 6.07) is 8.48. The van der Waals surface area contributed by atoms with Crippen molar-refractivity contribution < 1.29 is 14.6 Å². The number of carboxylic acid groups (broad SMARTS) is 1. The number of carboxylic acids is 1. The zero-order chi connectivity index (χ0) is 19.9. The molecule has 1 aliphatic heterocycles. The predicted octanol–water partition coefficient (Wildman–Crippen LogP) is 4.47. The molecule has 0 saturated heterocycles. The highest BCUT2D eigenvalue weighted by Gasteiger charge is 2.26. The Morgan fingerprint density at radius 2 is 1.96 bits per heavy atom. The van der Waals surface area contributed by atoms with Crippen molar-refractivity contribution >= 4 is 23.4 Å². The molecule has 0 spiro atoms. The number of rotatable bonds is 8. The van der Waals surface area contributed by atoms with Crippen LogP contribution in [0.3, 0.4) is 0 Å². The number of nitrogens with zero attached hydrogens (tertiary/aromatic N) is 1. The van der Waals surface area contributed by atoms with E-state index in [4.69, 9.17) is 14.8 Å².